The summed E-state index contributed by atoms with van der Waals surface area (Å²) in [7, 11) is 1.46. The van der Waals surface area contributed by atoms with Gasteiger partial charge < -0.3 is 24.2 Å². The molecule has 38 heavy (non-hydrogen) atoms. The molecular formula is C29H35NO8. The first-order chi connectivity index (χ1) is 17.9. The molecule has 1 aliphatic heterocycles. The molecule has 4 rings (SSSR count). The van der Waals surface area contributed by atoms with Crippen LogP contribution in [0.15, 0.2) is 59.6 Å². The van der Waals surface area contributed by atoms with E-state index in [1.54, 1.807) is 30.9 Å². The Morgan fingerprint density at radius 3 is 2.45 bits per heavy atom. The van der Waals surface area contributed by atoms with Crippen molar-refractivity contribution in [2.75, 3.05) is 26.8 Å². The van der Waals surface area contributed by atoms with E-state index >= 15 is 0 Å². The van der Waals surface area contributed by atoms with Gasteiger partial charge in [-0.3, -0.25) is 14.4 Å². The number of ketones is 2. The lowest BCUT2D eigenvalue weighted by molar-refractivity contribution is -0.160. The number of aliphatic hydroxyl groups is 1. The summed E-state index contributed by atoms with van der Waals surface area (Å²) < 4.78 is 17.1. The molecule has 204 valence electrons. The summed E-state index contributed by atoms with van der Waals surface area (Å²) in [5.41, 5.74) is -1.35. The Kier molecular flexibility index (Phi) is 7.27. The second-order valence-corrected chi connectivity index (χ2v) is 10.7. The van der Waals surface area contributed by atoms with Crippen LogP contribution in [0.3, 0.4) is 0 Å². The van der Waals surface area contributed by atoms with E-state index in [9.17, 15) is 24.3 Å². The highest BCUT2D eigenvalue weighted by molar-refractivity contribution is 6.14. The molecule has 0 spiro atoms. The van der Waals surface area contributed by atoms with Crippen LogP contribution in [0.2, 0.25) is 0 Å². The number of cyclic esters (lactones) is 1. The fraction of sp³-hybridized carbons (Fsp3) is 0.517. The zero-order chi connectivity index (χ0) is 28.0. The first-order valence-electron chi connectivity index (χ1n) is 12.8. The van der Waals surface area contributed by atoms with E-state index in [0.29, 0.717) is 25.1 Å². The van der Waals surface area contributed by atoms with Gasteiger partial charge >= 0.3 is 11.9 Å². The number of aliphatic hydroxyl groups excluding tert-OH is 1. The zero-order valence-corrected chi connectivity index (χ0v) is 22.4. The molecule has 0 aromatic rings. The van der Waals surface area contributed by atoms with Crippen LogP contribution in [0.1, 0.15) is 40.0 Å². The minimum atomic E-state index is -1.27. The molecule has 5 atom stereocenters. The van der Waals surface area contributed by atoms with Crippen LogP contribution in [-0.4, -0.2) is 72.5 Å². The molecule has 1 unspecified atom stereocenters. The van der Waals surface area contributed by atoms with E-state index in [0.717, 1.165) is 0 Å². The standard InChI is InChI=1S/C29H35NO8/c1-7-11-30(12-8-2)14-17-23-26(34)25(33)22-18-9-10-20(32)28(18,4)13-19(37-16(3)31)24(22)29(23,5)21(15-36-6)38-27(17)35/h7-8,14,18-19,21,34H,1-2,9-13,15H2,3-6H3/b17-14+/t18?,19-,21-,28+,29+/m1/s1. The van der Waals surface area contributed by atoms with Crippen LogP contribution in [-0.2, 0) is 33.4 Å². The SMILES string of the molecule is C=CCN(/C=C1/C(=O)O[C@H](COC)[C@@]2(C)C1=C(O)C(=O)C1=C2[C@H](OC(C)=O)C[C@]2(C)C(=O)CCC12)CC=C. The Morgan fingerprint density at radius 1 is 1.21 bits per heavy atom. The lowest BCUT2D eigenvalue weighted by Crippen LogP contribution is -2.57. The number of methoxy groups -OCH3 is 1. The van der Waals surface area contributed by atoms with E-state index in [1.807, 2.05) is 0 Å². The molecule has 1 N–H and O–H groups in total. The Balaban J connectivity index is 2.02. The minimum absolute atomic E-state index is 0.00740. The van der Waals surface area contributed by atoms with E-state index in [1.165, 1.54) is 20.2 Å². The smallest absolute Gasteiger partial charge is 0.340 e. The van der Waals surface area contributed by atoms with Crippen molar-refractivity contribution in [3.8, 4) is 0 Å². The number of esters is 2. The predicted molar refractivity (Wildman–Crippen MR) is 138 cm³/mol. The molecule has 1 saturated carbocycles. The Bertz CT molecular complexity index is 1200. The minimum Gasteiger partial charge on any atom is -0.504 e. The third kappa shape index (κ3) is 4.04. The number of hydrogen-bond acceptors (Lipinski definition) is 9. The predicted octanol–water partition coefficient (Wildman–Crippen LogP) is 3.13. The molecule has 0 aromatic heterocycles. The molecular weight excluding hydrogens is 490 g/mol. The second kappa shape index (κ2) is 10.0. The van der Waals surface area contributed by atoms with Crippen molar-refractivity contribution in [3.05, 3.63) is 59.6 Å². The van der Waals surface area contributed by atoms with Gasteiger partial charge in [0.25, 0.3) is 0 Å². The number of carbonyl (C=O) groups excluding carboxylic acids is 4. The van der Waals surface area contributed by atoms with Crippen LogP contribution < -0.4 is 0 Å². The van der Waals surface area contributed by atoms with Gasteiger partial charge in [-0.25, -0.2) is 4.79 Å². The number of fused-ring (bicyclic) bond motifs is 4. The Morgan fingerprint density at radius 2 is 1.87 bits per heavy atom. The largest absolute Gasteiger partial charge is 0.504 e. The van der Waals surface area contributed by atoms with Crippen molar-refractivity contribution in [1.29, 1.82) is 0 Å². The van der Waals surface area contributed by atoms with Crippen molar-refractivity contribution >= 4 is 23.5 Å². The van der Waals surface area contributed by atoms with Crippen LogP contribution in [0.4, 0.5) is 0 Å². The van der Waals surface area contributed by atoms with Crippen molar-refractivity contribution in [3.63, 3.8) is 0 Å². The second-order valence-electron chi connectivity index (χ2n) is 10.7. The highest BCUT2D eigenvalue weighted by Crippen LogP contribution is 2.62. The fourth-order valence-corrected chi connectivity index (χ4v) is 6.78. The van der Waals surface area contributed by atoms with Gasteiger partial charge in [-0.05, 0) is 18.9 Å². The third-order valence-corrected chi connectivity index (χ3v) is 8.46. The first-order valence-corrected chi connectivity index (χ1v) is 12.8. The fourth-order valence-electron chi connectivity index (χ4n) is 6.78. The summed E-state index contributed by atoms with van der Waals surface area (Å²) in [6, 6.07) is 0. The van der Waals surface area contributed by atoms with Crippen molar-refractivity contribution in [1.82, 2.24) is 4.90 Å². The number of carbonyl (C=O) groups is 4. The molecule has 0 amide bonds. The average molecular weight is 526 g/mol. The molecule has 1 saturated heterocycles. The average Bonchev–Trinajstić information content (AvgIpc) is 3.13. The number of nitrogens with zero attached hydrogens (tertiary/aromatic N) is 1. The molecule has 0 bridgehead atoms. The maximum absolute atomic E-state index is 14.0. The molecule has 0 radical (unpaired) electrons. The first kappa shape index (κ1) is 27.6. The molecule has 9 heteroatoms. The van der Waals surface area contributed by atoms with Gasteiger partial charge in [0.05, 0.1) is 17.6 Å². The maximum Gasteiger partial charge on any atom is 0.340 e. The highest BCUT2D eigenvalue weighted by atomic mass is 16.6. The summed E-state index contributed by atoms with van der Waals surface area (Å²) in [5, 5.41) is 11.5. The van der Waals surface area contributed by atoms with Crippen LogP contribution >= 0.6 is 0 Å². The van der Waals surface area contributed by atoms with E-state index < -0.39 is 52.4 Å². The van der Waals surface area contributed by atoms with Gasteiger partial charge in [-0.15, -0.1) is 13.2 Å². The molecule has 1 heterocycles. The van der Waals surface area contributed by atoms with Gasteiger partial charge in [0.1, 0.15) is 18.0 Å². The molecule has 2 fully saturated rings. The number of hydrogen-bond donors (Lipinski definition) is 1. The van der Waals surface area contributed by atoms with Crippen LogP contribution in [0, 0.1) is 16.7 Å². The molecule has 0 aromatic carbocycles. The summed E-state index contributed by atoms with van der Waals surface area (Å²) >= 11 is 0. The van der Waals surface area contributed by atoms with Crippen LogP contribution in [0.25, 0.3) is 0 Å². The highest BCUT2D eigenvalue weighted by Gasteiger charge is 2.64. The van der Waals surface area contributed by atoms with E-state index in [-0.39, 0.29) is 42.0 Å². The van der Waals surface area contributed by atoms with E-state index in [4.69, 9.17) is 14.2 Å². The van der Waals surface area contributed by atoms with Crippen molar-refractivity contribution in [2.45, 2.75) is 52.2 Å². The normalized spacial score (nSPS) is 33.4. The van der Waals surface area contributed by atoms with Crippen molar-refractivity contribution < 1.29 is 38.5 Å². The topological polar surface area (TPSA) is 119 Å². The van der Waals surface area contributed by atoms with Gasteiger partial charge in [-0.2, -0.15) is 0 Å². The lowest BCUT2D eigenvalue weighted by Gasteiger charge is -2.53. The third-order valence-electron chi connectivity index (χ3n) is 8.46. The zero-order valence-electron chi connectivity index (χ0n) is 22.4. The molecule has 3 aliphatic carbocycles. The summed E-state index contributed by atoms with van der Waals surface area (Å²) in [4.78, 5) is 54.3. The maximum atomic E-state index is 14.0. The number of rotatable bonds is 8. The summed E-state index contributed by atoms with van der Waals surface area (Å²) in [6.07, 6.45) is 3.89. The summed E-state index contributed by atoms with van der Waals surface area (Å²) in [5.74, 6) is -2.99. The molecule has 9 nitrogen and oxygen atoms in total. The van der Waals surface area contributed by atoms with Crippen LogP contribution in [0.5, 0.6) is 0 Å². The monoisotopic (exact) mass is 525 g/mol. The number of ether oxygens (including phenoxy) is 3. The lowest BCUT2D eigenvalue weighted by atomic mass is 9.53. The Labute approximate surface area is 222 Å². The van der Waals surface area contributed by atoms with Gasteiger partial charge in [0, 0.05) is 68.6 Å². The van der Waals surface area contributed by atoms with Gasteiger partial charge in [0.2, 0.25) is 5.78 Å². The van der Waals surface area contributed by atoms with Gasteiger partial charge in [0.15, 0.2) is 5.76 Å². The Hall–Kier alpha value is -3.46. The van der Waals surface area contributed by atoms with Crippen molar-refractivity contribution in [2.24, 2.45) is 16.7 Å². The number of allylic oxidation sites excluding steroid dienone is 1. The number of Topliss-reactive ketones (excluding diaryl/α,β-unsaturated/α-hetero) is 2. The van der Waals surface area contributed by atoms with E-state index in [2.05, 4.69) is 13.2 Å². The summed E-state index contributed by atoms with van der Waals surface area (Å²) in [6.45, 7) is 13.0. The molecule has 4 aliphatic rings. The quantitative estimate of drug-likeness (QED) is 0.290. The van der Waals surface area contributed by atoms with Gasteiger partial charge in [-0.1, -0.05) is 19.1 Å².